The highest BCUT2D eigenvalue weighted by Crippen LogP contribution is 2.36. The summed E-state index contributed by atoms with van der Waals surface area (Å²) in [6.07, 6.45) is 1.64. The highest BCUT2D eigenvalue weighted by Gasteiger charge is 2.21. The number of aliphatic hydroxyl groups is 1. The third-order valence-electron chi connectivity index (χ3n) is 4.47. The molecule has 0 aliphatic heterocycles. The third-order valence-corrected chi connectivity index (χ3v) is 4.47. The van der Waals surface area contributed by atoms with Crippen LogP contribution in [0.1, 0.15) is 18.4 Å². The van der Waals surface area contributed by atoms with Gasteiger partial charge in [-0.2, -0.15) is 0 Å². The maximum atomic E-state index is 11.5. The molecule has 150 valence electrons. The molecular formula is C22H22N2O5. The van der Waals surface area contributed by atoms with Crippen molar-refractivity contribution in [2.24, 2.45) is 0 Å². The molecule has 1 aromatic heterocycles. The number of methoxy groups -OCH3 is 1. The smallest absolute Gasteiger partial charge is 0.310 e. The van der Waals surface area contributed by atoms with Crippen LogP contribution in [-0.4, -0.2) is 46.5 Å². The van der Waals surface area contributed by atoms with Crippen LogP contribution in [0.15, 0.2) is 54.7 Å². The average molecular weight is 394 g/mol. The predicted octanol–water partition coefficient (Wildman–Crippen LogP) is 3.38. The van der Waals surface area contributed by atoms with Gasteiger partial charge in [0.05, 0.1) is 25.3 Å². The molecule has 7 heteroatoms. The summed E-state index contributed by atoms with van der Waals surface area (Å²) < 4.78 is 11.0. The Kier molecular flexibility index (Phi) is 6.41. The highest BCUT2D eigenvalue weighted by molar-refractivity contribution is 5.80. The number of rotatable bonds is 8. The summed E-state index contributed by atoms with van der Waals surface area (Å²) in [5, 5.41) is 18.3. The number of ether oxygens (including phenoxy) is 2. The van der Waals surface area contributed by atoms with Gasteiger partial charge in [-0.05, 0) is 31.2 Å². The number of benzene rings is 2. The number of para-hydroxylation sites is 1. The molecule has 3 aromatic rings. The second-order valence-corrected chi connectivity index (χ2v) is 6.35. The van der Waals surface area contributed by atoms with E-state index < -0.39 is 11.9 Å². The number of carboxylic acids is 1. The maximum absolute atomic E-state index is 11.5. The van der Waals surface area contributed by atoms with Gasteiger partial charge in [0.15, 0.2) is 5.82 Å². The minimum absolute atomic E-state index is 0.0683. The van der Waals surface area contributed by atoms with Gasteiger partial charge < -0.3 is 19.7 Å². The Labute approximate surface area is 168 Å². The second kappa shape index (κ2) is 9.16. The number of aliphatic carboxylic acids is 1. The van der Waals surface area contributed by atoms with Crippen molar-refractivity contribution in [2.45, 2.75) is 12.8 Å². The van der Waals surface area contributed by atoms with Crippen LogP contribution in [-0.2, 0) is 4.79 Å². The van der Waals surface area contributed by atoms with E-state index in [0.29, 0.717) is 34.1 Å². The van der Waals surface area contributed by atoms with Gasteiger partial charge in [-0.25, -0.2) is 9.97 Å². The Morgan fingerprint density at radius 1 is 1.17 bits per heavy atom. The zero-order valence-corrected chi connectivity index (χ0v) is 16.2. The lowest BCUT2D eigenvalue weighted by Crippen LogP contribution is -2.09. The van der Waals surface area contributed by atoms with E-state index in [1.165, 1.54) is 7.11 Å². The number of hydrogen-bond donors (Lipinski definition) is 2. The average Bonchev–Trinajstić information content (AvgIpc) is 2.76. The fraction of sp³-hybridized carbons (Fsp3) is 0.227. The van der Waals surface area contributed by atoms with Crippen LogP contribution in [0.4, 0.5) is 0 Å². The van der Waals surface area contributed by atoms with Gasteiger partial charge in [-0.15, -0.1) is 0 Å². The van der Waals surface area contributed by atoms with Crippen molar-refractivity contribution in [3.63, 3.8) is 0 Å². The Morgan fingerprint density at radius 2 is 1.97 bits per heavy atom. The lowest BCUT2D eigenvalue weighted by Gasteiger charge is -2.16. The van der Waals surface area contributed by atoms with E-state index >= 15 is 0 Å². The Balaban J connectivity index is 2.03. The van der Waals surface area contributed by atoms with Gasteiger partial charge in [0.2, 0.25) is 0 Å². The third kappa shape index (κ3) is 4.52. The van der Waals surface area contributed by atoms with Gasteiger partial charge in [0.25, 0.3) is 0 Å². The van der Waals surface area contributed by atoms with Crippen molar-refractivity contribution >= 4 is 5.97 Å². The molecule has 0 spiro atoms. The number of nitrogens with zero attached hydrogens (tertiary/aromatic N) is 2. The summed E-state index contributed by atoms with van der Waals surface area (Å²) in [6, 6.07) is 14.4. The van der Waals surface area contributed by atoms with Crippen molar-refractivity contribution in [2.75, 3.05) is 20.3 Å². The summed E-state index contributed by atoms with van der Waals surface area (Å²) in [5.74, 6) is -0.0572. The quantitative estimate of drug-likeness (QED) is 0.604. The molecule has 1 atom stereocenters. The van der Waals surface area contributed by atoms with E-state index in [1.54, 1.807) is 43.5 Å². The molecule has 2 aromatic carbocycles. The molecule has 0 aliphatic rings. The van der Waals surface area contributed by atoms with Gasteiger partial charge >= 0.3 is 5.97 Å². The highest BCUT2D eigenvalue weighted by atomic mass is 16.5. The van der Waals surface area contributed by atoms with E-state index in [1.807, 2.05) is 18.2 Å². The number of hydrogen-bond acceptors (Lipinski definition) is 6. The molecule has 0 saturated carbocycles. The normalized spacial score (nSPS) is 11.7. The topological polar surface area (TPSA) is 102 Å². The first-order valence-corrected chi connectivity index (χ1v) is 9.12. The van der Waals surface area contributed by atoms with Crippen LogP contribution in [0, 0.1) is 0 Å². The van der Waals surface area contributed by atoms with Crippen LogP contribution in [0.5, 0.6) is 11.5 Å². The van der Waals surface area contributed by atoms with Crippen molar-refractivity contribution in [1.29, 1.82) is 0 Å². The number of carboxylic acid groups (broad SMARTS) is 1. The molecule has 0 aliphatic carbocycles. The molecule has 0 saturated heterocycles. The summed E-state index contributed by atoms with van der Waals surface area (Å²) in [7, 11) is 1.51. The van der Waals surface area contributed by atoms with Gasteiger partial charge in [0, 0.05) is 22.9 Å². The van der Waals surface area contributed by atoms with Crippen molar-refractivity contribution < 1.29 is 24.5 Å². The van der Waals surface area contributed by atoms with E-state index in [-0.39, 0.29) is 13.2 Å². The van der Waals surface area contributed by atoms with Gasteiger partial charge in [-0.1, -0.05) is 24.3 Å². The first-order valence-electron chi connectivity index (χ1n) is 9.12. The largest absolute Gasteiger partial charge is 0.496 e. The maximum Gasteiger partial charge on any atom is 0.310 e. The van der Waals surface area contributed by atoms with Crippen molar-refractivity contribution in [3.05, 3.63) is 60.3 Å². The zero-order valence-electron chi connectivity index (χ0n) is 16.2. The van der Waals surface area contributed by atoms with Crippen molar-refractivity contribution in [3.8, 4) is 34.1 Å². The Hall–Kier alpha value is -3.45. The van der Waals surface area contributed by atoms with Crippen LogP contribution in [0.2, 0.25) is 0 Å². The first-order chi connectivity index (χ1) is 14.0. The van der Waals surface area contributed by atoms with Crippen LogP contribution in [0.3, 0.4) is 0 Å². The monoisotopic (exact) mass is 394 g/mol. The fourth-order valence-corrected chi connectivity index (χ4v) is 2.99. The fourth-order valence-electron chi connectivity index (χ4n) is 2.99. The second-order valence-electron chi connectivity index (χ2n) is 6.35. The molecule has 1 unspecified atom stereocenters. The summed E-state index contributed by atoms with van der Waals surface area (Å²) in [6.45, 7) is 1.75. The van der Waals surface area contributed by atoms with Crippen LogP contribution >= 0.6 is 0 Å². The minimum atomic E-state index is -0.927. The first kappa shape index (κ1) is 20.3. The number of aliphatic hydroxyl groups excluding tert-OH is 1. The molecule has 2 N–H and O–H groups in total. The molecule has 3 rings (SSSR count). The Morgan fingerprint density at radius 3 is 2.69 bits per heavy atom. The lowest BCUT2D eigenvalue weighted by atomic mass is 9.96. The molecule has 1 heterocycles. The van der Waals surface area contributed by atoms with Crippen LogP contribution in [0.25, 0.3) is 22.6 Å². The lowest BCUT2D eigenvalue weighted by molar-refractivity contribution is -0.138. The predicted molar refractivity (Wildman–Crippen MR) is 108 cm³/mol. The number of carbonyl (C=O) groups is 1. The molecule has 0 fully saturated rings. The molecule has 0 amide bonds. The molecule has 7 nitrogen and oxygen atoms in total. The summed E-state index contributed by atoms with van der Waals surface area (Å²) >= 11 is 0. The standard InChI is InChI=1S/C22H22N2O5/c1-14(22(26)27)17-7-4-8-18(20(17)28-2)19-9-10-23-21(24-19)15-5-3-6-16(13-15)29-12-11-25/h3-10,13-14,25H,11-12H2,1-2H3,(H,26,27). The van der Waals surface area contributed by atoms with E-state index in [0.717, 1.165) is 5.56 Å². The van der Waals surface area contributed by atoms with Gasteiger partial charge in [-0.3, -0.25) is 4.79 Å². The molecule has 0 radical (unpaired) electrons. The van der Waals surface area contributed by atoms with E-state index in [4.69, 9.17) is 14.6 Å². The Bertz CT molecular complexity index is 1010. The molecule has 29 heavy (non-hydrogen) atoms. The van der Waals surface area contributed by atoms with Crippen LogP contribution < -0.4 is 9.47 Å². The van der Waals surface area contributed by atoms with Crippen molar-refractivity contribution in [1.82, 2.24) is 9.97 Å². The molecular weight excluding hydrogens is 372 g/mol. The zero-order chi connectivity index (χ0) is 20.8. The summed E-state index contributed by atoms with van der Waals surface area (Å²) in [4.78, 5) is 20.4. The minimum Gasteiger partial charge on any atom is -0.496 e. The van der Waals surface area contributed by atoms with Gasteiger partial charge in [0.1, 0.15) is 18.1 Å². The molecule has 0 bridgehead atoms. The summed E-state index contributed by atoms with van der Waals surface area (Å²) in [5.41, 5.74) is 2.65. The SMILES string of the molecule is COc1c(-c2ccnc(-c3cccc(OCCO)c3)n2)cccc1C(C)C(=O)O. The number of aromatic nitrogens is 2. The van der Waals surface area contributed by atoms with E-state index in [2.05, 4.69) is 9.97 Å². The van der Waals surface area contributed by atoms with E-state index in [9.17, 15) is 9.90 Å².